The Morgan fingerprint density at radius 3 is 1.24 bits per heavy atom. The average molecular weight is 1160 g/mol. The first kappa shape index (κ1) is 69.8. The van der Waals surface area contributed by atoms with Crippen LogP contribution in [0.4, 0.5) is 17.6 Å². The number of carboxylic acids is 1. The Hall–Kier alpha value is -5.72. The number of carboxylic acid groups (broad SMARTS) is 1. The summed E-state index contributed by atoms with van der Waals surface area (Å²) in [6, 6.07) is 21.9. The highest BCUT2D eigenvalue weighted by Crippen LogP contribution is 2.40. The van der Waals surface area contributed by atoms with Crippen LogP contribution in [0.5, 0.6) is 0 Å². The number of hydrogen-bond acceptors (Lipinski definition) is 10. The summed E-state index contributed by atoms with van der Waals surface area (Å²) in [5, 5.41) is 51.5. The van der Waals surface area contributed by atoms with Gasteiger partial charge in [0.2, 0.25) is 11.8 Å². The van der Waals surface area contributed by atoms with E-state index in [9.17, 15) is 47.0 Å². The summed E-state index contributed by atoms with van der Waals surface area (Å²) in [7, 11) is 1.00. The molecule has 460 valence electrons. The number of carbonyl (C=O) groups is 4. The van der Waals surface area contributed by atoms with Gasteiger partial charge in [0.15, 0.2) is 0 Å². The maximum absolute atomic E-state index is 14.0. The number of hydrogen-bond donors (Lipinski definition) is 8. The van der Waals surface area contributed by atoms with E-state index in [0.29, 0.717) is 17.5 Å². The minimum atomic E-state index is -1.05. The molecule has 4 aromatic carbocycles. The van der Waals surface area contributed by atoms with Crippen molar-refractivity contribution in [3.63, 3.8) is 0 Å². The highest BCUT2D eigenvalue weighted by atomic mass is 19.1. The van der Waals surface area contributed by atoms with Crippen molar-refractivity contribution in [2.45, 2.75) is 223 Å². The number of halogens is 4. The molecule has 0 bridgehead atoms. The number of nitrogens with one attached hydrogen (secondary N) is 4. The highest BCUT2D eigenvalue weighted by Gasteiger charge is 2.38. The summed E-state index contributed by atoms with van der Waals surface area (Å²) < 4.78 is 60.8. The van der Waals surface area contributed by atoms with Crippen LogP contribution in [-0.2, 0) is 58.7 Å². The van der Waals surface area contributed by atoms with Gasteiger partial charge in [-0.15, -0.1) is 0 Å². The van der Waals surface area contributed by atoms with Gasteiger partial charge in [0.05, 0.1) is 30.4 Å². The number of carbonyl (C=O) groups excluding carboxylic acids is 3. The van der Waals surface area contributed by atoms with E-state index in [2.05, 4.69) is 111 Å². The standard InChI is InChI=1S/C34H48F2N2O4.C31H42F2N2O4.CH4O/c1-23(2)42-32(41)14-10-13-31(40)38-29(19-24-17-27(35)21-28(36)18-24)30(39)22-37-34(15-7-6-8-16-34)26-12-9-11-25(20-26)33(3,4)5;1-30(2,3)22-9-7-10-23(18-22)31(13-5-4-6-14-31)34-20-27(36)26(35-28(37)11-8-12-29(38)39)17-21-15-24(32)19-25(33)16-21;1-2/h9,11-12,17-18,20-21,23,29-30,37,39H,6-8,10,13-16,19,22H2,1-5H3,(H,38,40);7,9-10,15-16,18-19,26-27,34,36H,4-6,8,11-14,17,20H2,1-3H3,(H,35,37)(H,38,39);2H,1H3/t29-,30+;26-,27+;/m00./s1. The topological polar surface area (TPSA) is 207 Å². The van der Waals surface area contributed by atoms with Crippen LogP contribution in [0.2, 0.25) is 0 Å². The van der Waals surface area contributed by atoms with Gasteiger partial charge in [-0.05, 0) is 134 Å². The lowest BCUT2D eigenvalue weighted by Crippen LogP contribution is -2.53. The van der Waals surface area contributed by atoms with Crippen molar-refractivity contribution in [3.8, 4) is 0 Å². The van der Waals surface area contributed by atoms with Gasteiger partial charge in [0.1, 0.15) is 23.3 Å². The van der Waals surface area contributed by atoms with E-state index in [4.69, 9.17) is 14.9 Å². The van der Waals surface area contributed by atoms with E-state index in [1.807, 2.05) is 0 Å². The van der Waals surface area contributed by atoms with Crippen molar-refractivity contribution in [3.05, 3.63) is 142 Å². The Labute approximate surface area is 490 Å². The van der Waals surface area contributed by atoms with Gasteiger partial charge in [0.25, 0.3) is 0 Å². The molecule has 2 amide bonds. The zero-order valence-corrected chi connectivity index (χ0v) is 50.5. The summed E-state index contributed by atoms with van der Waals surface area (Å²) in [5.74, 6) is -5.03. The molecule has 4 atom stereocenters. The average Bonchev–Trinajstić information content (AvgIpc) is 3.10. The molecule has 0 heterocycles. The third-order valence-corrected chi connectivity index (χ3v) is 15.6. The number of esters is 1. The van der Waals surface area contributed by atoms with Gasteiger partial charge in [0, 0.05) is 69.1 Å². The molecular weight excluding hydrogens is 1070 g/mol. The van der Waals surface area contributed by atoms with Crippen molar-refractivity contribution < 1.29 is 61.9 Å². The Balaban J connectivity index is 0.000000347. The molecule has 0 radical (unpaired) electrons. The zero-order valence-electron chi connectivity index (χ0n) is 50.5. The van der Waals surface area contributed by atoms with Gasteiger partial charge in [-0.25, -0.2) is 17.6 Å². The van der Waals surface area contributed by atoms with E-state index in [0.717, 1.165) is 83.5 Å². The smallest absolute Gasteiger partial charge is 0.306 e. The number of aliphatic hydroxyl groups is 3. The van der Waals surface area contributed by atoms with Crippen molar-refractivity contribution in [2.75, 3.05) is 20.2 Å². The second-order valence-electron chi connectivity index (χ2n) is 24.8. The maximum Gasteiger partial charge on any atom is 0.306 e. The third-order valence-electron chi connectivity index (χ3n) is 15.6. The van der Waals surface area contributed by atoms with Crippen LogP contribution in [0.25, 0.3) is 0 Å². The molecule has 4 aromatic rings. The lowest BCUT2D eigenvalue weighted by molar-refractivity contribution is -0.147. The number of amides is 2. The summed E-state index contributed by atoms with van der Waals surface area (Å²) in [5.41, 5.74) is 4.79. The number of ether oxygens (including phenoxy) is 1. The Kier molecular flexibility index (Phi) is 27.8. The van der Waals surface area contributed by atoms with Gasteiger partial charge < -0.3 is 46.4 Å². The molecule has 2 saturated carbocycles. The first-order valence-electron chi connectivity index (χ1n) is 29.6. The molecule has 17 heteroatoms. The lowest BCUT2D eigenvalue weighted by Gasteiger charge is -2.41. The van der Waals surface area contributed by atoms with Crippen LogP contribution < -0.4 is 21.3 Å². The SMILES string of the molecule is CC(C)(C)c1cccc(C2(NC[C@@H](O)[C@H](Cc3cc(F)cc(F)c3)NC(=O)CCCC(=O)O)CCCCC2)c1.CC(C)OC(=O)CCCC(=O)N[C@@H](Cc1cc(F)cc(F)c1)[C@H](O)CNC1(c2cccc(C(C)(C)C)c2)CCCCC1.CO. The number of aliphatic hydroxyl groups excluding tert-OH is 3. The van der Waals surface area contributed by atoms with E-state index < -0.39 is 59.4 Å². The van der Waals surface area contributed by atoms with Crippen molar-refractivity contribution >= 4 is 23.8 Å². The molecule has 2 aliphatic carbocycles. The predicted molar refractivity (Wildman–Crippen MR) is 317 cm³/mol. The Morgan fingerprint density at radius 2 is 0.904 bits per heavy atom. The minimum Gasteiger partial charge on any atom is -0.481 e. The van der Waals surface area contributed by atoms with Crippen LogP contribution in [0.1, 0.15) is 192 Å². The predicted octanol–water partition coefficient (Wildman–Crippen LogP) is 11.2. The van der Waals surface area contributed by atoms with Crippen molar-refractivity contribution in [1.82, 2.24) is 21.3 Å². The maximum atomic E-state index is 14.0. The molecular formula is C66H94F4N4O9. The van der Waals surface area contributed by atoms with Crippen LogP contribution in [0, 0.1) is 23.3 Å². The molecule has 13 nitrogen and oxygen atoms in total. The molecule has 0 unspecified atom stereocenters. The molecule has 2 aliphatic rings. The molecule has 6 rings (SSSR count). The van der Waals surface area contributed by atoms with Crippen LogP contribution in [0.15, 0.2) is 84.9 Å². The summed E-state index contributed by atoms with van der Waals surface area (Å²) in [4.78, 5) is 48.1. The van der Waals surface area contributed by atoms with Gasteiger partial charge in [-0.3, -0.25) is 19.2 Å². The third kappa shape index (κ3) is 23.3. The minimum absolute atomic E-state index is 0.00743. The molecule has 8 N–H and O–H groups in total. The first-order chi connectivity index (χ1) is 39.1. The van der Waals surface area contributed by atoms with Crippen molar-refractivity contribution in [1.29, 1.82) is 0 Å². The lowest BCUT2D eigenvalue weighted by atomic mass is 9.74. The molecule has 0 aliphatic heterocycles. The molecule has 2 fully saturated rings. The monoisotopic (exact) mass is 1160 g/mol. The summed E-state index contributed by atoms with van der Waals surface area (Å²) in [6.07, 6.45) is 8.39. The second kappa shape index (κ2) is 33.1. The van der Waals surface area contributed by atoms with Crippen LogP contribution >= 0.6 is 0 Å². The Bertz CT molecular complexity index is 2640. The van der Waals surface area contributed by atoms with Gasteiger partial charge in [-0.2, -0.15) is 0 Å². The second-order valence-corrected chi connectivity index (χ2v) is 24.8. The summed E-state index contributed by atoms with van der Waals surface area (Å²) in [6.45, 7) is 17.0. The van der Waals surface area contributed by atoms with Crippen LogP contribution in [0.3, 0.4) is 0 Å². The number of aliphatic carboxylic acids is 1. The fourth-order valence-corrected chi connectivity index (χ4v) is 11.1. The largest absolute Gasteiger partial charge is 0.481 e. The fraction of sp³-hybridized carbons (Fsp3) is 0.576. The van der Waals surface area contributed by atoms with E-state index >= 15 is 0 Å². The fourth-order valence-electron chi connectivity index (χ4n) is 11.1. The number of rotatable bonds is 25. The first-order valence-corrected chi connectivity index (χ1v) is 29.6. The zero-order chi connectivity index (χ0) is 61.5. The van der Waals surface area contributed by atoms with Crippen molar-refractivity contribution in [2.24, 2.45) is 0 Å². The highest BCUT2D eigenvalue weighted by molar-refractivity contribution is 5.78. The molecule has 0 saturated heterocycles. The van der Waals surface area contributed by atoms with Crippen LogP contribution in [-0.4, -0.2) is 94.8 Å². The molecule has 0 aromatic heterocycles. The normalized spacial score (nSPS) is 16.4. The van der Waals surface area contributed by atoms with E-state index in [1.54, 1.807) is 13.8 Å². The molecule has 83 heavy (non-hydrogen) atoms. The van der Waals surface area contributed by atoms with Gasteiger partial charge in [-0.1, -0.05) is 129 Å². The van der Waals surface area contributed by atoms with E-state index in [1.165, 1.54) is 46.5 Å². The van der Waals surface area contributed by atoms with E-state index in [-0.39, 0.29) is 97.9 Å². The Morgan fingerprint density at radius 1 is 0.542 bits per heavy atom. The molecule has 0 spiro atoms. The summed E-state index contributed by atoms with van der Waals surface area (Å²) >= 11 is 0. The van der Waals surface area contributed by atoms with Gasteiger partial charge >= 0.3 is 11.9 Å². The number of benzene rings is 4. The quantitative estimate of drug-likeness (QED) is 0.0231.